The maximum absolute atomic E-state index is 8.68. The number of nitrogens with zero attached hydrogens (tertiary/aromatic N) is 3. The number of methoxy groups -OCH3 is 1. The Morgan fingerprint density at radius 2 is 2.14 bits per heavy atom. The third-order valence-electron chi connectivity index (χ3n) is 3.45. The van der Waals surface area contributed by atoms with E-state index in [4.69, 9.17) is 19.7 Å². The van der Waals surface area contributed by atoms with Crippen molar-refractivity contribution in [2.75, 3.05) is 7.11 Å². The van der Waals surface area contributed by atoms with Gasteiger partial charge in [0.15, 0.2) is 0 Å². The zero-order chi connectivity index (χ0) is 15.2. The van der Waals surface area contributed by atoms with Crippen LogP contribution in [0.1, 0.15) is 18.9 Å². The summed E-state index contributed by atoms with van der Waals surface area (Å²) in [6.45, 7) is 2.34. The first-order valence-corrected chi connectivity index (χ1v) is 7.64. The Hall–Kier alpha value is -1.27. The lowest BCUT2D eigenvalue weighted by Crippen LogP contribution is -2.45. The van der Waals surface area contributed by atoms with E-state index in [-0.39, 0.29) is 23.3 Å². The monoisotopic (exact) mass is 355 g/mol. The summed E-state index contributed by atoms with van der Waals surface area (Å²) in [6.07, 6.45) is 0.292. The minimum absolute atomic E-state index is 0.0847. The molecule has 1 heterocycles. The van der Waals surface area contributed by atoms with Crippen molar-refractivity contribution >= 4 is 15.9 Å². The van der Waals surface area contributed by atoms with Crippen LogP contribution in [0.5, 0.6) is 5.75 Å². The molecule has 0 unspecified atom stereocenters. The van der Waals surface area contributed by atoms with Gasteiger partial charge < -0.3 is 14.2 Å². The summed E-state index contributed by atoms with van der Waals surface area (Å²) in [6, 6.07) is 7.38. The van der Waals surface area contributed by atoms with Gasteiger partial charge in [-0.05, 0) is 30.2 Å². The van der Waals surface area contributed by atoms with Crippen LogP contribution < -0.4 is 4.74 Å². The van der Waals surface area contributed by atoms with Gasteiger partial charge in [-0.1, -0.05) is 33.2 Å². The Labute approximate surface area is 132 Å². The summed E-state index contributed by atoms with van der Waals surface area (Å²) < 4.78 is 16.7. The average molecular weight is 356 g/mol. The molecule has 0 N–H and O–H groups in total. The molecular weight excluding hydrogens is 338 g/mol. The van der Waals surface area contributed by atoms with Gasteiger partial charge >= 0.3 is 0 Å². The first-order valence-electron chi connectivity index (χ1n) is 6.72. The van der Waals surface area contributed by atoms with Gasteiger partial charge in [-0.3, -0.25) is 0 Å². The number of ether oxygens (including phenoxy) is 3. The van der Waals surface area contributed by atoms with Crippen LogP contribution in [0.3, 0.4) is 0 Å². The van der Waals surface area contributed by atoms with Gasteiger partial charge in [-0.15, -0.1) is 0 Å². The number of azide groups is 1. The first-order chi connectivity index (χ1) is 10.1. The predicted octanol–water partition coefficient (Wildman–Crippen LogP) is 3.79. The van der Waals surface area contributed by atoms with Gasteiger partial charge in [0.05, 0.1) is 32.0 Å². The molecular formula is C14H18BrN3O3. The Bertz CT molecular complexity index is 505. The SMILES string of the molecule is COc1ccc(CO[C@H]2C[C@H](Br)O[C@@H](C)[C@@H]2N=[N+]=[N-])cc1. The Kier molecular flexibility index (Phi) is 5.87. The molecule has 114 valence electrons. The molecule has 1 saturated heterocycles. The minimum Gasteiger partial charge on any atom is -0.497 e. The van der Waals surface area contributed by atoms with E-state index in [0.29, 0.717) is 13.0 Å². The maximum Gasteiger partial charge on any atom is 0.118 e. The topological polar surface area (TPSA) is 76.5 Å². The second-order valence-electron chi connectivity index (χ2n) is 4.88. The van der Waals surface area contributed by atoms with Crippen LogP contribution in [0.25, 0.3) is 10.4 Å². The van der Waals surface area contributed by atoms with Crippen molar-refractivity contribution in [3.8, 4) is 5.75 Å². The van der Waals surface area contributed by atoms with Crippen LogP contribution in [0.4, 0.5) is 0 Å². The molecule has 4 atom stereocenters. The Morgan fingerprint density at radius 3 is 2.76 bits per heavy atom. The number of benzene rings is 1. The lowest BCUT2D eigenvalue weighted by atomic mass is 10.0. The smallest absolute Gasteiger partial charge is 0.118 e. The van der Waals surface area contributed by atoms with E-state index >= 15 is 0 Å². The van der Waals surface area contributed by atoms with Crippen LogP contribution >= 0.6 is 15.9 Å². The van der Waals surface area contributed by atoms with Crippen molar-refractivity contribution in [1.29, 1.82) is 0 Å². The molecule has 0 spiro atoms. The van der Waals surface area contributed by atoms with E-state index in [1.165, 1.54) is 0 Å². The molecule has 2 rings (SSSR count). The van der Waals surface area contributed by atoms with Crippen molar-refractivity contribution in [3.63, 3.8) is 0 Å². The molecule has 1 aliphatic rings. The number of halogens is 1. The third-order valence-corrected chi connectivity index (χ3v) is 4.04. The van der Waals surface area contributed by atoms with Crippen molar-refractivity contribution in [2.24, 2.45) is 5.11 Å². The molecule has 0 radical (unpaired) electrons. The van der Waals surface area contributed by atoms with Gasteiger partial charge in [0.25, 0.3) is 0 Å². The minimum atomic E-state index is -0.318. The highest BCUT2D eigenvalue weighted by molar-refractivity contribution is 9.09. The lowest BCUT2D eigenvalue weighted by molar-refractivity contribution is -0.0951. The molecule has 1 aliphatic heterocycles. The fourth-order valence-corrected chi connectivity index (χ4v) is 3.02. The van der Waals surface area contributed by atoms with Gasteiger partial charge in [0.2, 0.25) is 0 Å². The summed E-state index contributed by atoms with van der Waals surface area (Å²) in [4.78, 5) is 2.90. The van der Waals surface area contributed by atoms with E-state index < -0.39 is 0 Å². The Morgan fingerprint density at radius 1 is 1.43 bits per heavy atom. The van der Waals surface area contributed by atoms with Crippen molar-refractivity contribution in [3.05, 3.63) is 40.3 Å². The number of rotatable bonds is 5. The summed E-state index contributed by atoms with van der Waals surface area (Å²) in [7, 11) is 1.63. The molecule has 7 heteroatoms. The predicted molar refractivity (Wildman–Crippen MR) is 82.4 cm³/mol. The zero-order valence-corrected chi connectivity index (χ0v) is 13.6. The van der Waals surface area contributed by atoms with Crippen LogP contribution in [-0.2, 0) is 16.1 Å². The fraction of sp³-hybridized carbons (Fsp3) is 0.571. The molecule has 1 fully saturated rings. The largest absolute Gasteiger partial charge is 0.497 e. The summed E-state index contributed by atoms with van der Waals surface area (Å²) in [5.41, 5.74) is 9.73. The second kappa shape index (κ2) is 7.66. The van der Waals surface area contributed by atoms with Gasteiger partial charge in [0, 0.05) is 11.3 Å². The Balaban J connectivity index is 1.99. The highest BCUT2D eigenvalue weighted by Crippen LogP contribution is 2.29. The molecule has 6 nitrogen and oxygen atoms in total. The van der Waals surface area contributed by atoms with Crippen LogP contribution in [0, 0.1) is 0 Å². The van der Waals surface area contributed by atoms with E-state index in [2.05, 4.69) is 26.0 Å². The lowest BCUT2D eigenvalue weighted by Gasteiger charge is -2.36. The van der Waals surface area contributed by atoms with Gasteiger partial charge in [-0.25, -0.2) is 0 Å². The van der Waals surface area contributed by atoms with E-state index in [0.717, 1.165) is 11.3 Å². The third kappa shape index (κ3) is 4.35. The first kappa shape index (κ1) is 16.1. The zero-order valence-electron chi connectivity index (χ0n) is 12.0. The summed E-state index contributed by atoms with van der Waals surface area (Å²) in [5.74, 6) is 0.811. The maximum atomic E-state index is 8.68. The fourth-order valence-electron chi connectivity index (χ4n) is 2.31. The van der Waals surface area contributed by atoms with Crippen molar-refractivity contribution in [1.82, 2.24) is 0 Å². The molecule has 1 aromatic carbocycles. The van der Waals surface area contributed by atoms with Crippen LogP contribution in [0.2, 0.25) is 0 Å². The molecule has 21 heavy (non-hydrogen) atoms. The molecule has 0 saturated carbocycles. The van der Waals surface area contributed by atoms with E-state index in [9.17, 15) is 0 Å². The van der Waals surface area contributed by atoms with Gasteiger partial charge in [-0.2, -0.15) is 0 Å². The molecule has 1 aromatic rings. The molecule has 0 aliphatic carbocycles. The van der Waals surface area contributed by atoms with E-state index in [1.54, 1.807) is 7.11 Å². The molecule has 0 bridgehead atoms. The second-order valence-corrected chi connectivity index (χ2v) is 5.90. The quantitative estimate of drug-likeness (QED) is 0.349. The van der Waals surface area contributed by atoms with Gasteiger partial charge in [0.1, 0.15) is 10.8 Å². The van der Waals surface area contributed by atoms with E-state index in [1.807, 2.05) is 31.2 Å². The van der Waals surface area contributed by atoms with Crippen LogP contribution in [0.15, 0.2) is 29.4 Å². The number of hydrogen-bond donors (Lipinski definition) is 0. The number of alkyl halides is 1. The van der Waals surface area contributed by atoms with Crippen molar-refractivity contribution in [2.45, 2.75) is 43.2 Å². The van der Waals surface area contributed by atoms with Crippen LogP contribution in [-0.4, -0.2) is 30.4 Å². The molecule has 0 amide bonds. The summed E-state index contributed by atoms with van der Waals surface area (Å²) >= 11 is 3.44. The number of hydrogen-bond acceptors (Lipinski definition) is 4. The average Bonchev–Trinajstić information content (AvgIpc) is 2.48. The normalized spacial score (nSPS) is 28.7. The standard InChI is InChI=1S/C14H18BrN3O3/c1-9-14(17-18-16)12(7-13(15)21-9)20-8-10-3-5-11(19-2)6-4-10/h3-6,9,12-14H,7-8H2,1-2H3/t9-,12-,13+,14-/m0/s1. The summed E-state index contributed by atoms with van der Waals surface area (Å²) in [5, 5.41) is 3.73. The molecule has 0 aromatic heterocycles. The highest BCUT2D eigenvalue weighted by Gasteiger charge is 2.35. The van der Waals surface area contributed by atoms with Crippen molar-refractivity contribution < 1.29 is 14.2 Å². The highest BCUT2D eigenvalue weighted by atomic mass is 79.9.